The highest BCUT2D eigenvalue weighted by Gasteiger charge is 2.29. The molecule has 4 aromatic rings. The minimum absolute atomic E-state index is 0.0366. The maximum Gasteiger partial charge on any atom is 0.255 e. The molecule has 0 fully saturated rings. The Morgan fingerprint density at radius 1 is 1.21 bits per heavy atom. The fourth-order valence-electron chi connectivity index (χ4n) is 3.91. The summed E-state index contributed by atoms with van der Waals surface area (Å²) in [6.45, 7) is 3.51. The number of carbonyl (C=O) groups excluding carboxylic acids is 1. The van der Waals surface area contributed by atoms with Gasteiger partial charge in [0.05, 0.1) is 24.3 Å². The molecule has 1 aliphatic heterocycles. The molecule has 28 heavy (non-hydrogen) atoms. The Balaban J connectivity index is 1.42. The van der Waals surface area contributed by atoms with Gasteiger partial charge in [0.2, 0.25) is 0 Å². The quantitative estimate of drug-likeness (QED) is 0.526. The van der Waals surface area contributed by atoms with Crippen LogP contribution in [-0.4, -0.2) is 32.1 Å². The van der Waals surface area contributed by atoms with E-state index in [2.05, 4.69) is 40.6 Å². The summed E-state index contributed by atoms with van der Waals surface area (Å²) in [6.07, 6.45) is 4.40. The topological polar surface area (TPSA) is 51.0 Å². The van der Waals surface area contributed by atoms with E-state index in [-0.39, 0.29) is 11.9 Å². The Hall–Kier alpha value is -2.99. The van der Waals surface area contributed by atoms with E-state index in [1.165, 1.54) is 16.0 Å². The summed E-state index contributed by atoms with van der Waals surface area (Å²) in [7, 11) is 0. The smallest absolute Gasteiger partial charge is 0.255 e. The highest BCUT2D eigenvalue weighted by Crippen LogP contribution is 2.33. The Morgan fingerprint density at radius 3 is 2.93 bits per heavy atom. The van der Waals surface area contributed by atoms with E-state index < -0.39 is 0 Å². The first-order valence-electron chi connectivity index (χ1n) is 9.43. The van der Waals surface area contributed by atoms with E-state index in [4.69, 9.17) is 0 Å². The van der Waals surface area contributed by atoms with Crippen molar-refractivity contribution in [1.82, 2.24) is 19.7 Å². The van der Waals surface area contributed by atoms with E-state index in [1.807, 2.05) is 33.8 Å². The summed E-state index contributed by atoms with van der Waals surface area (Å²) in [5.41, 5.74) is 3.86. The van der Waals surface area contributed by atoms with Crippen molar-refractivity contribution in [1.29, 1.82) is 0 Å². The zero-order valence-electron chi connectivity index (χ0n) is 15.6. The van der Waals surface area contributed by atoms with Crippen molar-refractivity contribution >= 4 is 28.3 Å². The molecule has 0 spiro atoms. The van der Waals surface area contributed by atoms with Gasteiger partial charge in [-0.3, -0.25) is 4.79 Å². The highest BCUT2D eigenvalue weighted by atomic mass is 32.1. The van der Waals surface area contributed by atoms with Crippen LogP contribution < -0.4 is 0 Å². The first kappa shape index (κ1) is 17.1. The molecule has 1 atom stereocenters. The van der Waals surface area contributed by atoms with Gasteiger partial charge >= 0.3 is 0 Å². The molecule has 0 N–H and O–H groups in total. The molecule has 4 heterocycles. The molecule has 5 nitrogen and oxygen atoms in total. The van der Waals surface area contributed by atoms with Crippen LogP contribution in [-0.2, 0) is 13.0 Å². The molecule has 140 valence electrons. The largest absolute Gasteiger partial charge is 0.331 e. The van der Waals surface area contributed by atoms with E-state index >= 15 is 0 Å². The monoisotopic (exact) mass is 388 g/mol. The van der Waals surface area contributed by atoms with Crippen molar-refractivity contribution in [2.75, 3.05) is 6.54 Å². The SMILES string of the molecule is C[C@@H]1c2ccsc2CCN1C(=O)c1cnc2c(cnn2Cc2ccccc2)c1. The Bertz CT molecular complexity index is 1150. The molecule has 5 rings (SSSR count). The van der Waals surface area contributed by atoms with Crippen molar-refractivity contribution < 1.29 is 4.79 Å². The average molecular weight is 388 g/mol. The highest BCUT2D eigenvalue weighted by molar-refractivity contribution is 7.10. The van der Waals surface area contributed by atoms with Crippen molar-refractivity contribution in [3.63, 3.8) is 0 Å². The van der Waals surface area contributed by atoms with Crippen molar-refractivity contribution in [2.45, 2.75) is 25.9 Å². The van der Waals surface area contributed by atoms with Gasteiger partial charge in [-0.15, -0.1) is 11.3 Å². The molecule has 1 amide bonds. The van der Waals surface area contributed by atoms with Crippen LogP contribution in [0.15, 0.2) is 60.2 Å². The van der Waals surface area contributed by atoms with Gasteiger partial charge in [-0.05, 0) is 42.0 Å². The van der Waals surface area contributed by atoms with Crippen LogP contribution in [0.5, 0.6) is 0 Å². The molecular weight excluding hydrogens is 368 g/mol. The first-order chi connectivity index (χ1) is 13.7. The lowest BCUT2D eigenvalue weighted by atomic mass is 10.0. The molecule has 0 bridgehead atoms. The number of nitrogens with zero attached hydrogens (tertiary/aromatic N) is 4. The van der Waals surface area contributed by atoms with Gasteiger partial charge < -0.3 is 4.90 Å². The van der Waals surface area contributed by atoms with Crippen LogP contribution in [0.1, 0.15) is 39.3 Å². The number of benzene rings is 1. The lowest BCUT2D eigenvalue weighted by Gasteiger charge is -2.33. The van der Waals surface area contributed by atoms with Crippen LogP contribution in [0.25, 0.3) is 11.0 Å². The van der Waals surface area contributed by atoms with Gasteiger partial charge in [-0.1, -0.05) is 30.3 Å². The van der Waals surface area contributed by atoms with Crippen molar-refractivity contribution in [3.05, 3.63) is 81.8 Å². The second kappa shape index (κ2) is 6.87. The number of thiophene rings is 1. The summed E-state index contributed by atoms with van der Waals surface area (Å²) in [5.74, 6) is 0.0366. The fraction of sp³-hybridized carbons (Fsp3) is 0.227. The lowest BCUT2D eigenvalue weighted by molar-refractivity contribution is 0.0679. The van der Waals surface area contributed by atoms with Crippen LogP contribution in [0.2, 0.25) is 0 Å². The predicted molar refractivity (Wildman–Crippen MR) is 111 cm³/mol. The zero-order chi connectivity index (χ0) is 19.1. The van der Waals surface area contributed by atoms with Crippen LogP contribution in [0.3, 0.4) is 0 Å². The normalized spacial score (nSPS) is 16.3. The third-order valence-electron chi connectivity index (χ3n) is 5.44. The maximum atomic E-state index is 13.1. The number of hydrogen-bond donors (Lipinski definition) is 0. The molecule has 1 aliphatic rings. The van der Waals surface area contributed by atoms with Gasteiger partial charge in [0.25, 0.3) is 5.91 Å². The second-order valence-corrected chi connectivity index (χ2v) is 8.15. The summed E-state index contributed by atoms with van der Waals surface area (Å²) >= 11 is 1.78. The number of pyridine rings is 1. The number of fused-ring (bicyclic) bond motifs is 2. The zero-order valence-corrected chi connectivity index (χ0v) is 16.4. The van der Waals surface area contributed by atoms with Gasteiger partial charge in [-0.2, -0.15) is 5.10 Å². The molecule has 6 heteroatoms. The maximum absolute atomic E-state index is 13.1. The number of hydrogen-bond acceptors (Lipinski definition) is 4. The first-order valence-corrected chi connectivity index (χ1v) is 10.3. The minimum Gasteiger partial charge on any atom is -0.331 e. The third-order valence-corrected chi connectivity index (χ3v) is 6.43. The average Bonchev–Trinajstić information content (AvgIpc) is 3.36. The number of aromatic nitrogens is 3. The Morgan fingerprint density at radius 2 is 2.07 bits per heavy atom. The number of amides is 1. The lowest BCUT2D eigenvalue weighted by Crippen LogP contribution is -2.38. The van der Waals surface area contributed by atoms with Gasteiger partial charge in [0.1, 0.15) is 0 Å². The Kier molecular flexibility index (Phi) is 4.20. The van der Waals surface area contributed by atoms with Crippen molar-refractivity contribution in [3.8, 4) is 0 Å². The van der Waals surface area contributed by atoms with Gasteiger partial charge in [0, 0.05) is 23.0 Å². The van der Waals surface area contributed by atoms with Crippen molar-refractivity contribution in [2.24, 2.45) is 0 Å². The van der Waals surface area contributed by atoms with Crippen LogP contribution in [0, 0.1) is 0 Å². The molecule has 0 aliphatic carbocycles. The van der Waals surface area contributed by atoms with E-state index in [0.717, 1.165) is 24.0 Å². The molecule has 0 saturated heterocycles. The van der Waals surface area contributed by atoms with Crippen LogP contribution >= 0.6 is 11.3 Å². The standard InChI is InChI=1S/C22H20N4OS/c1-15-19-8-10-28-20(19)7-9-25(15)22(27)18-11-17-13-24-26(21(17)23-12-18)14-16-5-3-2-4-6-16/h2-6,8,10-13,15H,7,9,14H2,1H3/t15-/m1/s1. The number of carbonyl (C=O) groups is 1. The predicted octanol–water partition coefficient (Wildman–Crippen LogP) is 4.30. The summed E-state index contributed by atoms with van der Waals surface area (Å²) < 4.78 is 1.88. The molecule has 1 aromatic carbocycles. The van der Waals surface area contributed by atoms with E-state index in [1.54, 1.807) is 23.7 Å². The molecule has 0 radical (unpaired) electrons. The van der Waals surface area contributed by atoms with Gasteiger partial charge in [0.15, 0.2) is 5.65 Å². The summed E-state index contributed by atoms with van der Waals surface area (Å²) in [6, 6.07) is 14.3. The molecular formula is C22H20N4OS. The van der Waals surface area contributed by atoms with Gasteiger partial charge in [-0.25, -0.2) is 9.67 Å². The second-order valence-electron chi connectivity index (χ2n) is 7.15. The minimum atomic E-state index is 0.0366. The molecule has 0 saturated carbocycles. The Labute approximate surface area is 167 Å². The fourth-order valence-corrected chi connectivity index (χ4v) is 4.88. The summed E-state index contributed by atoms with van der Waals surface area (Å²) in [4.78, 5) is 21.1. The molecule has 0 unspecified atom stereocenters. The molecule has 3 aromatic heterocycles. The van der Waals surface area contributed by atoms with E-state index in [9.17, 15) is 4.79 Å². The van der Waals surface area contributed by atoms with Crippen LogP contribution in [0.4, 0.5) is 0 Å². The number of rotatable bonds is 3. The third kappa shape index (κ3) is 2.90. The van der Waals surface area contributed by atoms with E-state index in [0.29, 0.717) is 12.1 Å². The summed E-state index contributed by atoms with van der Waals surface area (Å²) in [5, 5.41) is 7.48.